The van der Waals surface area contributed by atoms with E-state index in [1.165, 1.54) is 0 Å². The lowest BCUT2D eigenvalue weighted by molar-refractivity contribution is -0.124. The minimum Gasteiger partial charge on any atom is -0.455 e. The van der Waals surface area contributed by atoms with Crippen LogP contribution in [0.15, 0.2) is 48.7 Å². The number of aryl methyl sites for hydroxylation is 1. The first kappa shape index (κ1) is 18.1. The van der Waals surface area contributed by atoms with Crippen LogP contribution in [0.5, 0.6) is 11.5 Å². The maximum atomic E-state index is 12.0. The van der Waals surface area contributed by atoms with Crippen LogP contribution in [0, 0.1) is 6.57 Å². The number of amides is 2. The molecular formula is C23H17N3O4. The van der Waals surface area contributed by atoms with Gasteiger partial charge in [-0.1, -0.05) is 30.3 Å². The third-order valence-corrected chi connectivity index (χ3v) is 5.58. The van der Waals surface area contributed by atoms with Gasteiger partial charge in [0.05, 0.1) is 18.5 Å². The van der Waals surface area contributed by atoms with Crippen molar-refractivity contribution in [3.8, 4) is 11.5 Å². The lowest BCUT2D eigenvalue weighted by Gasteiger charge is -2.26. The number of rotatable bonds is 3. The highest BCUT2D eigenvalue weighted by Crippen LogP contribution is 2.39. The van der Waals surface area contributed by atoms with E-state index < -0.39 is 18.1 Å². The van der Waals surface area contributed by atoms with E-state index in [1.807, 2.05) is 30.3 Å². The molecule has 2 amide bonds. The van der Waals surface area contributed by atoms with E-state index in [-0.39, 0.29) is 5.92 Å². The summed E-state index contributed by atoms with van der Waals surface area (Å²) in [5, 5.41) is 3.89. The van der Waals surface area contributed by atoms with Gasteiger partial charge in [0.2, 0.25) is 0 Å². The Labute approximate surface area is 172 Å². The summed E-state index contributed by atoms with van der Waals surface area (Å²) in [5.74, 6) is 0.568. The summed E-state index contributed by atoms with van der Waals surface area (Å²) in [6.07, 6.45) is 2.51. The van der Waals surface area contributed by atoms with Gasteiger partial charge in [0, 0.05) is 11.3 Å². The van der Waals surface area contributed by atoms with E-state index in [0.29, 0.717) is 17.2 Å². The number of nitrogens with one attached hydrogen (secondary N) is 1. The Morgan fingerprint density at radius 2 is 2.00 bits per heavy atom. The second-order valence-corrected chi connectivity index (χ2v) is 7.37. The topological polar surface area (TPSA) is 81.9 Å². The van der Waals surface area contributed by atoms with Crippen molar-refractivity contribution in [2.24, 2.45) is 0 Å². The summed E-state index contributed by atoms with van der Waals surface area (Å²) >= 11 is 0. The highest BCUT2D eigenvalue weighted by atomic mass is 16.6. The zero-order valence-corrected chi connectivity index (χ0v) is 15.9. The van der Waals surface area contributed by atoms with Crippen molar-refractivity contribution in [2.45, 2.75) is 31.3 Å². The zero-order valence-electron chi connectivity index (χ0n) is 15.9. The molecule has 2 aliphatic rings. The molecule has 1 aliphatic heterocycles. The van der Waals surface area contributed by atoms with E-state index in [9.17, 15) is 9.59 Å². The number of benzene rings is 2. The molecule has 1 unspecified atom stereocenters. The predicted octanol–water partition coefficient (Wildman–Crippen LogP) is 4.63. The number of fused-ring (bicyclic) bond motifs is 2. The molecule has 0 bridgehead atoms. The van der Waals surface area contributed by atoms with Gasteiger partial charge in [0.1, 0.15) is 11.5 Å². The van der Waals surface area contributed by atoms with Gasteiger partial charge in [-0.15, -0.1) is 0 Å². The molecule has 7 heteroatoms. The van der Waals surface area contributed by atoms with Gasteiger partial charge in [-0.2, -0.15) is 0 Å². The second kappa shape index (κ2) is 7.16. The predicted molar refractivity (Wildman–Crippen MR) is 109 cm³/mol. The fraction of sp³-hybridized carbons (Fsp3) is 0.217. The van der Waals surface area contributed by atoms with E-state index in [0.717, 1.165) is 41.3 Å². The number of carbonyl (C=O) groups is 2. The van der Waals surface area contributed by atoms with Crippen LogP contribution in [0.4, 0.5) is 10.5 Å². The molecule has 0 radical (unpaired) electrons. The highest BCUT2D eigenvalue weighted by Gasteiger charge is 2.41. The van der Waals surface area contributed by atoms with Crippen LogP contribution in [-0.2, 0) is 16.0 Å². The molecule has 1 aliphatic carbocycles. The summed E-state index contributed by atoms with van der Waals surface area (Å²) < 4.78 is 11.3. The molecule has 2 atom stereocenters. The van der Waals surface area contributed by atoms with Gasteiger partial charge in [0.25, 0.3) is 5.91 Å². The Bertz CT molecular complexity index is 1230. The van der Waals surface area contributed by atoms with Crippen LogP contribution in [0.1, 0.15) is 30.0 Å². The molecule has 7 nitrogen and oxygen atoms in total. The number of carbonyl (C=O) groups excluding carboxylic acids is 2. The zero-order chi connectivity index (χ0) is 20.7. The molecule has 1 N–H and O–H groups in total. The number of imide groups is 1. The Balaban J connectivity index is 1.47. The molecule has 30 heavy (non-hydrogen) atoms. The maximum Gasteiger partial charge on any atom is 0.414 e. The molecule has 3 aromatic rings. The Hall–Kier alpha value is -3.92. The summed E-state index contributed by atoms with van der Waals surface area (Å²) in [7, 11) is 0. The van der Waals surface area contributed by atoms with Crippen molar-refractivity contribution in [3.63, 3.8) is 0 Å². The van der Waals surface area contributed by atoms with Crippen molar-refractivity contribution in [2.75, 3.05) is 0 Å². The Kier molecular flexibility index (Phi) is 4.32. The quantitative estimate of drug-likeness (QED) is 0.649. The average molecular weight is 399 g/mol. The SMILES string of the molecule is [C-]#[N+]c1ccc(Oc2cnc3c(c2)CCC[C@H]3C2OC(=O)NC2=O)c2ccccc12. The number of aromatic nitrogens is 1. The monoisotopic (exact) mass is 399 g/mol. The van der Waals surface area contributed by atoms with Gasteiger partial charge < -0.3 is 9.47 Å². The lowest BCUT2D eigenvalue weighted by Crippen LogP contribution is -2.32. The number of hydrogen-bond acceptors (Lipinski definition) is 5. The van der Waals surface area contributed by atoms with Crippen LogP contribution >= 0.6 is 0 Å². The molecule has 148 valence electrons. The van der Waals surface area contributed by atoms with Crippen molar-refractivity contribution < 1.29 is 19.1 Å². The van der Waals surface area contributed by atoms with Gasteiger partial charge in [-0.05, 0) is 42.3 Å². The molecule has 0 saturated carbocycles. The fourth-order valence-electron chi connectivity index (χ4n) is 4.24. The van der Waals surface area contributed by atoms with Gasteiger partial charge in [0.15, 0.2) is 11.8 Å². The number of pyridine rings is 1. The minimum absolute atomic E-state index is 0.256. The number of alkyl carbamates (subject to hydrolysis) is 1. The first-order chi connectivity index (χ1) is 14.6. The van der Waals surface area contributed by atoms with Gasteiger partial charge >= 0.3 is 6.09 Å². The summed E-state index contributed by atoms with van der Waals surface area (Å²) in [6.45, 7) is 7.35. The molecule has 2 heterocycles. The van der Waals surface area contributed by atoms with E-state index in [1.54, 1.807) is 18.3 Å². The van der Waals surface area contributed by atoms with Gasteiger partial charge in [-0.3, -0.25) is 15.1 Å². The van der Waals surface area contributed by atoms with Crippen molar-refractivity contribution in [1.29, 1.82) is 0 Å². The van der Waals surface area contributed by atoms with Crippen LogP contribution in [-0.4, -0.2) is 23.1 Å². The molecule has 1 saturated heterocycles. The van der Waals surface area contributed by atoms with E-state index in [2.05, 4.69) is 15.1 Å². The van der Waals surface area contributed by atoms with E-state index in [4.69, 9.17) is 16.0 Å². The van der Waals surface area contributed by atoms with Crippen LogP contribution in [0.3, 0.4) is 0 Å². The van der Waals surface area contributed by atoms with Crippen molar-refractivity contribution in [3.05, 3.63) is 71.3 Å². The van der Waals surface area contributed by atoms with Crippen molar-refractivity contribution in [1.82, 2.24) is 10.3 Å². The number of cyclic esters (lactones) is 1. The molecule has 5 rings (SSSR count). The lowest BCUT2D eigenvalue weighted by atomic mass is 9.83. The van der Waals surface area contributed by atoms with Crippen LogP contribution < -0.4 is 10.1 Å². The third kappa shape index (κ3) is 3.03. The largest absolute Gasteiger partial charge is 0.455 e. The summed E-state index contributed by atoms with van der Waals surface area (Å²) in [4.78, 5) is 31.6. The number of nitrogens with zero attached hydrogens (tertiary/aromatic N) is 2. The minimum atomic E-state index is -0.832. The first-order valence-corrected chi connectivity index (χ1v) is 9.71. The second-order valence-electron chi connectivity index (χ2n) is 7.37. The first-order valence-electron chi connectivity index (χ1n) is 9.71. The van der Waals surface area contributed by atoms with Crippen LogP contribution in [0.2, 0.25) is 0 Å². The molecule has 1 aromatic heterocycles. The molecular weight excluding hydrogens is 382 g/mol. The maximum absolute atomic E-state index is 12.0. The van der Waals surface area contributed by atoms with Gasteiger partial charge in [-0.25, -0.2) is 9.64 Å². The fourth-order valence-corrected chi connectivity index (χ4v) is 4.24. The Morgan fingerprint density at radius 3 is 2.77 bits per heavy atom. The molecule has 0 spiro atoms. The molecule has 1 fully saturated rings. The highest BCUT2D eigenvalue weighted by molar-refractivity contribution is 6.00. The summed E-state index contributed by atoms with van der Waals surface area (Å²) in [6, 6.07) is 13.1. The smallest absolute Gasteiger partial charge is 0.414 e. The third-order valence-electron chi connectivity index (χ3n) is 5.58. The average Bonchev–Trinajstić information content (AvgIpc) is 3.11. The summed E-state index contributed by atoms with van der Waals surface area (Å²) in [5.41, 5.74) is 2.34. The number of ether oxygens (including phenoxy) is 2. The molecule has 2 aromatic carbocycles. The Morgan fingerprint density at radius 1 is 1.17 bits per heavy atom. The standard InChI is InChI=1S/C23H17N3O4/c1-24-18-9-10-19(16-7-3-2-6-15(16)18)29-14-11-13-5-4-8-17(20(13)25-12-14)21-22(27)26-23(28)30-21/h2-3,6-7,9-12,17,21H,4-5,8H2,(H,26,27,28)/t17-,21?/m1/s1. The van der Waals surface area contributed by atoms with Crippen molar-refractivity contribution >= 4 is 28.5 Å². The number of hydrogen-bond donors (Lipinski definition) is 1. The van der Waals surface area contributed by atoms with E-state index >= 15 is 0 Å². The van der Waals surface area contributed by atoms with Crippen LogP contribution in [0.25, 0.3) is 15.6 Å². The normalized spacial score (nSPS) is 20.2.